The number of rotatable bonds is 7. The van der Waals surface area contributed by atoms with Gasteiger partial charge in [0.15, 0.2) is 5.96 Å². The maximum atomic E-state index is 12.5. The molecule has 1 aliphatic carbocycles. The predicted molar refractivity (Wildman–Crippen MR) is 114 cm³/mol. The number of thioether (sulfide) groups is 1. The number of nitrogens with one attached hydrogen (secondary N) is 2. The van der Waals surface area contributed by atoms with Gasteiger partial charge in [-0.15, -0.1) is 0 Å². The van der Waals surface area contributed by atoms with Crippen LogP contribution in [0.3, 0.4) is 0 Å². The molecule has 0 bridgehead atoms. The van der Waals surface area contributed by atoms with Crippen molar-refractivity contribution in [3.63, 3.8) is 0 Å². The van der Waals surface area contributed by atoms with E-state index in [1.807, 2.05) is 24.1 Å². The summed E-state index contributed by atoms with van der Waals surface area (Å²) in [6.07, 6.45) is 5.13. The summed E-state index contributed by atoms with van der Waals surface area (Å²) in [5.74, 6) is 2.30. The van der Waals surface area contributed by atoms with Crippen LogP contribution in [0.4, 0.5) is 0 Å². The first kappa shape index (κ1) is 20.1. The summed E-state index contributed by atoms with van der Waals surface area (Å²) in [5, 5.41) is 7.69. The average Bonchev–Trinajstić information content (AvgIpc) is 3.31. The number of hydrogen-bond donors (Lipinski definition) is 2. The van der Waals surface area contributed by atoms with Crippen LogP contribution in [0.5, 0.6) is 0 Å². The second-order valence-corrected chi connectivity index (χ2v) is 8.93. The van der Waals surface area contributed by atoms with E-state index in [-0.39, 0.29) is 5.91 Å². The smallest absolute Gasteiger partial charge is 0.223 e. The molecule has 1 aromatic rings. The maximum Gasteiger partial charge on any atom is 0.223 e. The van der Waals surface area contributed by atoms with Gasteiger partial charge in [-0.1, -0.05) is 31.2 Å². The van der Waals surface area contributed by atoms with Crippen molar-refractivity contribution in [2.75, 3.05) is 19.3 Å². The van der Waals surface area contributed by atoms with Crippen LogP contribution in [0.2, 0.25) is 0 Å². The van der Waals surface area contributed by atoms with E-state index in [0.717, 1.165) is 37.3 Å². The minimum Gasteiger partial charge on any atom is -0.356 e. The maximum absolute atomic E-state index is 12.5. The SMILES string of the molecule is CCSC1CCC(NC(=NC)NCCCC(=O)N2Cc3ccccc3C2)C1. The molecule has 2 unspecified atom stereocenters. The second kappa shape index (κ2) is 10.0. The van der Waals surface area contributed by atoms with Gasteiger partial charge < -0.3 is 15.5 Å². The van der Waals surface area contributed by atoms with Crippen molar-refractivity contribution >= 4 is 23.6 Å². The number of nitrogens with zero attached hydrogens (tertiary/aromatic N) is 2. The molecule has 1 aromatic carbocycles. The van der Waals surface area contributed by atoms with Gasteiger partial charge in [-0.05, 0) is 42.6 Å². The van der Waals surface area contributed by atoms with E-state index >= 15 is 0 Å². The summed E-state index contributed by atoms with van der Waals surface area (Å²) >= 11 is 2.07. The van der Waals surface area contributed by atoms with E-state index in [0.29, 0.717) is 12.5 Å². The number of fused-ring (bicyclic) bond motifs is 1. The van der Waals surface area contributed by atoms with Crippen molar-refractivity contribution in [1.29, 1.82) is 0 Å². The topological polar surface area (TPSA) is 56.7 Å². The molecule has 148 valence electrons. The number of amides is 1. The van der Waals surface area contributed by atoms with Crippen molar-refractivity contribution in [2.45, 2.75) is 63.4 Å². The lowest BCUT2D eigenvalue weighted by Crippen LogP contribution is -2.43. The normalized spacial score (nSPS) is 22.0. The number of carbonyl (C=O) groups is 1. The van der Waals surface area contributed by atoms with Crippen LogP contribution in [-0.4, -0.2) is 47.4 Å². The van der Waals surface area contributed by atoms with E-state index in [1.165, 1.54) is 36.1 Å². The Morgan fingerprint density at radius 3 is 2.67 bits per heavy atom. The fourth-order valence-electron chi connectivity index (χ4n) is 3.96. The van der Waals surface area contributed by atoms with Crippen LogP contribution in [0.1, 0.15) is 50.2 Å². The summed E-state index contributed by atoms with van der Waals surface area (Å²) in [6, 6.07) is 8.84. The molecule has 0 spiro atoms. The van der Waals surface area contributed by atoms with Crippen LogP contribution in [0, 0.1) is 0 Å². The summed E-state index contributed by atoms with van der Waals surface area (Å²) in [5.41, 5.74) is 2.56. The lowest BCUT2D eigenvalue weighted by molar-refractivity contribution is -0.131. The Kier molecular flexibility index (Phi) is 7.44. The summed E-state index contributed by atoms with van der Waals surface area (Å²) < 4.78 is 0. The average molecular weight is 389 g/mol. The Hall–Kier alpha value is -1.69. The Balaban J connectivity index is 1.33. The number of hydrogen-bond acceptors (Lipinski definition) is 3. The van der Waals surface area contributed by atoms with Gasteiger partial charge >= 0.3 is 0 Å². The molecule has 2 aliphatic rings. The lowest BCUT2D eigenvalue weighted by atomic mass is 10.1. The quantitative estimate of drug-likeness (QED) is 0.428. The highest BCUT2D eigenvalue weighted by atomic mass is 32.2. The van der Waals surface area contributed by atoms with Crippen molar-refractivity contribution in [2.24, 2.45) is 4.99 Å². The minimum absolute atomic E-state index is 0.242. The van der Waals surface area contributed by atoms with Gasteiger partial charge in [0.2, 0.25) is 5.91 Å². The predicted octanol–water partition coefficient (Wildman–Crippen LogP) is 3.15. The van der Waals surface area contributed by atoms with E-state index in [1.54, 1.807) is 0 Å². The Bertz CT molecular complexity index is 638. The van der Waals surface area contributed by atoms with Crippen LogP contribution in [-0.2, 0) is 17.9 Å². The van der Waals surface area contributed by atoms with Gasteiger partial charge in [0.05, 0.1) is 0 Å². The highest BCUT2D eigenvalue weighted by Gasteiger charge is 2.25. The van der Waals surface area contributed by atoms with Crippen molar-refractivity contribution in [3.05, 3.63) is 35.4 Å². The second-order valence-electron chi connectivity index (χ2n) is 7.35. The van der Waals surface area contributed by atoms with Crippen molar-refractivity contribution in [1.82, 2.24) is 15.5 Å². The molecule has 1 amide bonds. The van der Waals surface area contributed by atoms with Gasteiger partial charge in [0.25, 0.3) is 0 Å². The number of benzene rings is 1. The van der Waals surface area contributed by atoms with Crippen LogP contribution in [0.25, 0.3) is 0 Å². The number of carbonyl (C=O) groups excluding carboxylic acids is 1. The van der Waals surface area contributed by atoms with Gasteiger partial charge in [-0.2, -0.15) is 11.8 Å². The monoisotopic (exact) mass is 388 g/mol. The van der Waals surface area contributed by atoms with Crippen LogP contribution in [0.15, 0.2) is 29.3 Å². The molecule has 1 fully saturated rings. The van der Waals surface area contributed by atoms with Crippen molar-refractivity contribution in [3.8, 4) is 0 Å². The molecule has 3 rings (SSSR count). The first-order chi connectivity index (χ1) is 13.2. The molecule has 0 radical (unpaired) electrons. The zero-order valence-electron chi connectivity index (χ0n) is 16.5. The summed E-state index contributed by atoms with van der Waals surface area (Å²) in [7, 11) is 1.81. The number of guanidine groups is 1. The standard InChI is InChI=1S/C21H32N4OS/c1-3-27-19-11-10-18(13-19)24-21(22-2)23-12-6-9-20(26)25-14-16-7-4-5-8-17(16)15-25/h4-5,7-8,18-19H,3,6,9-15H2,1-2H3,(H2,22,23,24). The highest BCUT2D eigenvalue weighted by molar-refractivity contribution is 7.99. The summed E-state index contributed by atoms with van der Waals surface area (Å²) in [6.45, 7) is 4.51. The van der Waals surface area contributed by atoms with E-state index in [2.05, 4.69) is 46.4 Å². The zero-order valence-corrected chi connectivity index (χ0v) is 17.4. The number of aliphatic imine (C=N–C) groups is 1. The van der Waals surface area contributed by atoms with Gasteiger partial charge in [-0.3, -0.25) is 9.79 Å². The first-order valence-electron chi connectivity index (χ1n) is 10.1. The lowest BCUT2D eigenvalue weighted by Gasteiger charge is -2.18. The van der Waals surface area contributed by atoms with Gasteiger partial charge in [0.1, 0.15) is 0 Å². The molecule has 0 aromatic heterocycles. The molecule has 2 N–H and O–H groups in total. The van der Waals surface area contributed by atoms with E-state index in [9.17, 15) is 4.79 Å². The molecule has 6 heteroatoms. The third-order valence-electron chi connectivity index (χ3n) is 5.40. The molecule has 1 aliphatic heterocycles. The van der Waals surface area contributed by atoms with E-state index in [4.69, 9.17) is 0 Å². The molecule has 0 saturated heterocycles. The molecule has 2 atom stereocenters. The minimum atomic E-state index is 0.242. The molecule has 1 saturated carbocycles. The van der Waals surface area contributed by atoms with E-state index < -0.39 is 0 Å². The Morgan fingerprint density at radius 2 is 2.00 bits per heavy atom. The highest BCUT2D eigenvalue weighted by Crippen LogP contribution is 2.29. The Morgan fingerprint density at radius 1 is 1.26 bits per heavy atom. The van der Waals surface area contributed by atoms with Crippen molar-refractivity contribution < 1.29 is 4.79 Å². The molecule has 5 nitrogen and oxygen atoms in total. The van der Waals surface area contributed by atoms with Crippen LogP contribution >= 0.6 is 11.8 Å². The molecule has 1 heterocycles. The third kappa shape index (κ3) is 5.64. The van der Waals surface area contributed by atoms with Gasteiger partial charge in [-0.25, -0.2) is 0 Å². The summed E-state index contributed by atoms with van der Waals surface area (Å²) in [4.78, 5) is 18.8. The molecule has 27 heavy (non-hydrogen) atoms. The van der Waals surface area contributed by atoms with Gasteiger partial charge in [0, 0.05) is 44.4 Å². The third-order valence-corrected chi connectivity index (χ3v) is 6.64. The zero-order chi connectivity index (χ0) is 19.1. The largest absolute Gasteiger partial charge is 0.356 e. The molecular formula is C21H32N4OS. The van der Waals surface area contributed by atoms with Crippen LogP contribution < -0.4 is 10.6 Å². The fourth-order valence-corrected chi connectivity index (χ4v) is 5.10. The first-order valence-corrected chi connectivity index (χ1v) is 11.2. The fraction of sp³-hybridized carbons (Fsp3) is 0.619. The molecular weight excluding hydrogens is 356 g/mol. The Labute approximate surface area is 167 Å².